The Balaban J connectivity index is 1.53. The Bertz CT molecular complexity index is 1830. The Morgan fingerprint density at radius 2 is 1.41 bits per heavy atom. The molecule has 0 spiro atoms. The smallest absolute Gasteiger partial charge is 0.326 e. The number of aliphatic hydroxyl groups is 1. The van der Waals surface area contributed by atoms with Crippen molar-refractivity contribution < 1.29 is 44.1 Å². The lowest BCUT2D eigenvalue weighted by Crippen LogP contribution is -2.59. The average molecular weight is 706 g/mol. The fourth-order valence-electron chi connectivity index (χ4n) is 5.13. The molecule has 0 fully saturated rings. The first-order chi connectivity index (χ1) is 24.5. The number of nitrogens with zero attached hydrogens (tertiary/aromatic N) is 1. The van der Waals surface area contributed by atoms with Gasteiger partial charge in [0.25, 0.3) is 0 Å². The number of aromatic hydroxyl groups is 1. The molecule has 270 valence electrons. The second kappa shape index (κ2) is 17.9. The normalized spacial score (nSPS) is 13.3. The van der Waals surface area contributed by atoms with Gasteiger partial charge in [0.1, 0.15) is 29.9 Å². The van der Waals surface area contributed by atoms with Crippen molar-refractivity contribution >= 4 is 46.4 Å². The van der Waals surface area contributed by atoms with E-state index >= 15 is 0 Å². The second-order valence-corrected chi connectivity index (χ2v) is 11.5. The number of para-hydroxylation sites is 1. The summed E-state index contributed by atoms with van der Waals surface area (Å²) in [6, 6.07) is 7.29. The van der Waals surface area contributed by atoms with Gasteiger partial charge in [-0.15, -0.1) is 0 Å². The third kappa shape index (κ3) is 10.9. The molecule has 0 unspecified atom stereocenters. The maximum absolute atomic E-state index is 13.6. The first-order valence-electron chi connectivity index (χ1n) is 15.8. The molecule has 0 saturated carbocycles. The molecule has 0 saturated heterocycles. The highest BCUT2D eigenvalue weighted by Gasteiger charge is 2.32. The Hall–Kier alpha value is -6.27. The van der Waals surface area contributed by atoms with Gasteiger partial charge in [-0.1, -0.05) is 30.3 Å². The predicted molar refractivity (Wildman–Crippen MR) is 181 cm³/mol. The van der Waals surface area contributed by atoms with Gasteiger partial charge in [0, 0.05) is 48.3 Å². The van der Waals surface area contributed by atoms with Crippen molar-refractivity contribution in [2.24, 2.45) is 5.73 Å². The first kappa shape index (κ1) is 37.5. The van der Waals surface area contributed by atoms with Gasteiger partial charge < -0.3 is 57.6 Å². The molecule has 4 rings (SSSR count). The van der Waals surface area contributed by atoms with Crippen LogP contribution in [0.5, 0.6) is 5.75 Å². The fourth-order valence-corrected chi connectivity index (χ4v) is 5.13. The van der Waals surface area contributed by atoms with E-state index in [1.807, 2.05) is 12.1 Å². The number of H-pyrrole nitrogens is 2. The number of carbonyl (C=O) groups excluding carboxylic acids is 5. The summed E-state index contributed by atoms with van der Waals surface area (Å²) in [5.41, 5.74) is 7.59. The summed E-state index contributed by atoms with van der Waals surface area (Å²) >= 11 is 0. The Labute approximate surface area is 290 Å². The van der Waals surface area contributed by atoms with Crippen molar-refractivity contribution in [3.63, 3.8) is 0 Å². The highest BCUT2D eigenvalue weighted by atomic mass is 16.4. The number of aliphatic hydroxyl groups excluding tert-OH is 1. The van der Waals surface area contributed by atoms with Crippen LogP contribution in [-0.2, 0) is 48.0 Å². The zero-order valence-corrected chi connectivity index (χ0v) is 27.2. The van der Waals surface area contributed by atoms with E-state index in [9.17, 15) is 44.1 Å². The minimum atomic E-state index is -1.62. The molecule has 5 amide bonds. The number of hydrogen-bond donors (Lipinski definition) is 11. The number of aromatic nitrogens is 3. The van der Waals surface area contributed by atoms with Crippen LogP contribution in [0.3, 0.4) is 0 Å². The zero-order valence-electron chi connectivity index (χ0n) is 27.2. The summed E-state index contributed by atoms with van der Waals surface area (Å²) in [7, 11) is 0. The standard InChI is InChI=1S/C33H39N9O9/c34-12-28(45)37-15-29(46)39-24(9-18-5-7-21(44)8-6-18)30(47)42-27(16-43)32(49)40-25(10-19-13-36-23-4-2-1-3-22(19)23)31(48)41-26(33(50)51)11-20-14-35-17-38-20/h1-8,13-14,17,24-27,36,43-44H,9-12,15-16,34H2,(H,35,38)(H,37,45)(H,39,46)(H,40,49)(H,41,48)(H,42,47)(H,50,51)/t24-,25-,26-,27-/m0/s1. The van der Waals surface area contributed by atoms with Crippen molar-refractivity contribution in [3.8, 4) is 5.75 Å². The number of phenols is 1. The zero-order chi connectivity index (χ0) is 36.9. The number of benzene rings is 2. The van der Waals surface area contributed by atoms with Gasteiger partial charge in [-0.05, 0) is 29.3 Å². The number of carboxylic acid groups (broad SMARTS) is 1. The van der Waals surface area contributed by atoms with Crippen LogP contribution in [0.15, 0.2) is 67.3 Å². The average Bonchev–Trinajstić information content (AvgIpc) is 3.79. The summed E-state index contributed by atoms with van der Waals surface area (Å²) in [6.07, 6.45) is 4.08. The first-order valence-corrected chi connectivity index (χ1v) is 15.8. The molecule has 0 aliphatic carbocycles. The molecule has 0 bridgehead atoms. The van der Waals surface area contributed by atoms with Crippen molar-refractivity contribution in [2.45, 2.75) is 43.4 Å². The number of imidazole rings is 1. The van der Waals surface area contributed by atoms with Crippen LogP contribution in [-0.4, -0.2) is 110 Å². The summed E-state index contributed by atoms with van der Waals surface area (Å²) in [6.45, 7) is -1.77. The summed E-state index contributed by atoms with van der Waals surface area (Å²) in [5, 5.41) is 42.5. The third-order valence-electron chi connectivity index (χ3n) is 7.80. The molecule has 2 heterocycles. The number of aromatic amines is 2. The number of carboxylic acids is 1. The number of carbonyl (C=O) groups is 6. The molecule has 12 N–H and O–H groups in total. The molecular formula is C33H39N9O9. The molecule has 51 heavy (non-hydrogen) atoms. The van der Waals surface area contributed by atoms with Crippen molar-refractivity contribution in [2.75, 3.05) is 19.7 Å². The van der Waals surface area contributed by atoms with E-state index < -0.39 is 72.8 Å². The van der Waals surface area contributed by atoms with Gasteiger partial charge in [-0.2, -0.15) is 0 Å². The number of nitrogens with one attached hydrogen (secondary N) is 7. The van der Waals surface area contributed by atoms with Gasteiger partial charge in [-0.3, -0.25) is 24.0 Å². The van der Waals surface area contributed by atoms with E-state index in [-0.39, 0.29) is 31.6 Å². The monoisotopic (exact) mass is 705 g/mol. The van der Waals surface area contributed by atoms with Crippen molar-refractivity contribution in [3.05, 3.63) is 84.1 Å². The van der Waals surface area contributed by atoms with Crippen LogP contribution in [0.1, 0.15) is 16.8 Å². The number of fused-ring (bicyclic) bond motifs is 1. The SMILES string of the molecule is NCC(=O)NCC(=O)N[C@@H](Cc1ccc(O)cc1)C(=O)N[C@@H](CO)C(=O)N[C@@H](Cc1c[nH]c2ccccc12)C(=O)N[C@@H](Cc1cnc[nH]1)C(=O)O. The van der Waals surface area contributed by atoms with E-state index in [0.717, 1.165) is 10.9 Å². The largest absolute Gasteiger partial charge is 0.508 e. The number of amides is 5. The minimum Gasteiger partial charge on any atom is -0.508 e. The maximum Gasteiger partial charge on any atom is 0.326 e. The van der Waals surface area contributed by atoms with Gasteiger partial charge in [-0.25, -0.2) is 9.78 Å². The number of phenolic OH excluding ortho intramolecular Hbond substituents is 1. The van der Waals surface area contributed by atoms with E-state index in [1.54, 1.807) is 18.3 Å². The lowest BCUT2D eigenvalue weighted by molar-refractivity contribution is -0.142. The van der Waals surface area contributed by atoms with Gasteiger partial charge >= 0.3 is 5.97 Å². The van der Waals surface area contributed by atoms with E-state index in [4.69, 9.17) is 5.73 Å². The van der Waals surface area contributed by atoms with E-state index in [1.165, 1.54) is 36.8 Å². The Kier molecular flexibility index (Phi) is 13.2. The van der Waals surface area contributed by atoms with Crippen LogP contribution in [0.4, 0.5) is 0 Å². The van der Waals surface area contributed by atoms with Gasteiger partial charge in [0.15, 0.2) is 0 Å². The van der Waals surface area contributed by atoms with Crippen LogP contribution in [0.25, 0.3) is 10.9 Å². The molecule has 0 radical (unpaired) electrons. The molecule has 0 aliphatic rings. The van der Waals surface area contributed by atoms with Crippen LogP contribution < -0.4 is 32.3 Å². The quantitative estimate of drug-likeness (QED) is 0.0524. The minimum absolute atomic E-state index is 0.0347. The molecule has 18 heteroatoms. The lowest BCUT2D eigenvalue weighted by atomic mass is 10.0. The lowest BCUT2D eigenvalue weighted by Gasteiger charge is -2.25. The number of rotatable bonds is 18. The highest BCUT2D eigenvalue weighted by Crippen LogP contribution is 2.19. The highest BCUT2D eigenvalue weighted by molar-refractivity contribution is 5.96. The Morgan fingerprint density at radius 1 is 0.765 bits per heavy atom. The molecule has 2 aromatic carbocycles. The number of aliphatic carboxylic acids is 1. The summed E-state index contributed by atoms with van der Waals surface area (Å²) in [4.78, 5) is 86.6. The molecule has 2 aromatic heterocycles. The van der Waals surface area contributed by atoms with E-state index in [0.29, 0.717) is 16.8 Å². The van der Waals surface area contributed by atoms with Gasteiger partial charge in [0.2, 0.25) is 29.5 Å². The number of hydrogen-bond acceptors (Lipinski definition) is 10. The van der Waals surface area contributed by atoms with Crippen LogP contribution >= 0.6 is 0 Å². The van der Waals surface area contributed by atoms with Crippen molar-refractivity contribution in [1.82, 2.24) is 41.5 Å². The summed E-state index contributed by atoms with van der Waals surface area (Å²) < 4.78 is 0. The van der Waals surface area contributed by atoms with Crippen molar-refractivity contribution in [1.29, 1.82) is 0 Å². The third-order valence-corrected chi connectivity index (χ3v) is 7.80. The molecule has 4 atom stereocenters. The van der Waals surface area contributed by atoms with E-state index in [2.05, 4.69) is 41.5 Å². The molecule has 4 aromatic rings. The fraction of sp³-hybridized carbons (Fsp3) is 0.303. The Morgan fingerprint density at radius 3 is 2.06 bits per heavy atom. The van der Waals surface area contributed by atoms with Crippen LogP contribution in [0.2, 0.25) is 0 Å². The molecule has 0 aliphatic heterocycles. The van der Waals surface area contributed by atoms with Crippen LogP contribution in [0, 0.1) is 0 Å². The number of nitrogens with two attached hydrogens (primary N) is 1. The van der Waals surface area contributed by atoms with Gasteiger partial charge in [0.05, 0.1) is 26.0 Å². The maximum atomic E-state index is 13.6. The topological polar surface area (TPSA) is 294 Å². The molecular weight excluding hydrogens is 666 g/mol. The second-order valence-electron chi connectivity index (χ2n) is 11.5. The molecule has 18 nitrogen and oxygen atoms in total. The summed E-state index contributed by atoms with van der Waals surface area (Å²) in [5.74, 6) is -5.44. The predicted octanol–water partition coefficient (Wildman–Crippen LogP) is -2.28.